The number of hydrogen-bond donors (Lipinski definition) is 0. The fourth-order valence-corrected chi connectivity index (χ4v) is 2.85. The Balaban J connectivity index is 2.01. The standard InChI is InChI=1S/C26H17F3O3/c27-26(28,29)25(22-14-8-3-9-15-22,18-16-23(30)20-10-4-1-5-11-20)32-19-17-24(31)21-12-6-2-7-13-21/h1-15,17,19H/b19-17+. The van der Waals surface area contributed by atoms with Crippen LogP contribution in [0, 0.1) is 11.8 Å². The van der Waals surface area contributed by atoms with E-state index in [1.165, 1.54) is 48.5 Å². The molecule has 1 atom stereocenters. The molecule has 3 aromatic carbocycles. The monoisotopic (exact) mass is 434 g/mol. The highest BCUT2D eigenvalue weighted by Crippen LogP contribution is 2.42. The highest BCUT2D eigenvalue weighted by molar-refractivity contribution is 6.09. The molecule has 0 aromatic heterocycles. The lowest BCUT2D eigenvalue weighted by atomic mass is 9.92. The lowest BCUT2D eigenvalue weighted by molar-refractivity contribution is -0.242. The Morgan fingerprint density at radius 1 is 0.750 bits per heavy atom. The SMILES string of the molecule is O=C(C#CC(O/C=C/C(=O)c1ccccc1)(c1ccccc1)C(F)(F)F)c1ccccc1. The fourth-order valence-electron chi connectivity index (χ4n) is 2.85. The van der Waals surface area contributed by atoms with E-state index in [2.05, 4.69) is 5.92 Å². The zero-order chi connectivity index (χ0) is 23.0. The largest absolute Gasteiger partial charge is 0.468 e. The van der Waals surface area contributed by atoms with E-state index >= 15 is 0 Å². The van der Waals surface area contributed by atoms with E-state index in [1.54, 1.807) is 42.5 Å². The predicted molar refractivity (Wildman–Crippen MR) is 114 cm³/mol. The quantitative estimate of drug-likeness (QED) is 0.163. The summed E-state index contributed by atoms with van der Waals surface area (Å²) in [6.07, 6.45) is -3.46. The molecule has 0 radical (unpaired) electrons. The van der Waals surface area contributed by atoms with Gasteiger partial charge in [-0.15, -0.1) is 0 Å². The van der Waals surface area contributed by atoms with Crippen molar-refractivity contribution < 1.29 is 27.5 Å². The minimum absolute atomic E-state index is 0.152. The molecule has 0 aliphatic carbocycles. The number of Topliss-reactive ketones (excluding diaryl/α,β-unsaturated/α-hetero) is 1. The molecule has 0 heterocycles. The summed E-state index contributed by atoms with van der Waals surface area (Å²) in [4.78, 5) is 24.6. The van der Waals surface area contributed by atoms with Crippen molar-refractivity contribution in [2.45, 2.75) is 11.8 Å². The molecule has 32 heavy (non-hydrogen) atoms. The van der Waals surface area contributed by atoms with Gasteiger partial charge in [-0.1, -0.05) is 91.0 Å². The van der Waals surface area contributed by atoms with Crippen molar-refractivity contribution in [3.8, 4) is 11.8 Å². The number of benzene rings is 3. The van der Waals surface area contributed by atoms with Gasteiger partial charge < -0.3 is 4.74 Å². The van der Waals surface area contributed by atoms with Crippen molar-refractivity contribution in [3.63, 3.8) is 0 Å². The van der Waals surface area contributed by atoms with Crippen LogP contribution in [0.2, 0.25) is 0 Å². The summed E-state index contributed by atoms with van der Waals surface area (Å²) < 4.78 is 48.0. The molecule has 3 rings (SSSR count). The topological polar surface area (TPSA) is 43.4 Å². The zero-order valence-corrected chi connectivity index (χ0v) is 16.7. The number of ether oxygens (including phenoxy) is 1. The lowest BCUT2D eigenvalue weighted by Gasteiger charge is -2.30. The molecule has 0 saturated carbocycles. The number of rotatable bonds is 6. The number of allylic oxidation sites excluding steroid dienone is 1. The van der Waals surface area contributed by atoms with Gasteiger partial charge in [0.1, 0.15) is 0 Å². The summed E-state index contributed by atoms with van der Waals surface area (Å²) in [7, 11) is 0. The Morgan fingerprint density at radius 3 is 1.78 bits per heavy atom. The second-order valence-electron chi connectivity index (χ2n) is 6.64. The summed E-state index contributed by atoms with van der Waals surface area (Å²) in [5.74, 6) is 2.73. The van der Waals surface area contributed by atoms with Crippen LogP contribution in [0.4, 0.5) is 13.2 Å². The van der Waals surface area contributed by atoms with E-state index < -0.39 is 23.3 Å². The van der Waals surface area contributed by atoms with Crippen LogP contribution in [-0.2, 0) is 10.3 Å². The highest BCUT2D eigenvalue weighted by atomic mass is 19.4. The predicted octanol–water partition coefficient (Wildman–Crippen LogP) is 5.74. The molecular weight excluding hydrogens is 417 g/mol. The Kier molecular flexibility index (Phi) is 6.91. The van der Waals surface area contributed by atoms with Gasteiger partial charge in [0, 0.05) is 22.8 Å². The van der Waals surface area contributed by atoms with Gasteiger partial charge in [0.25, 0.3) is 5.60 Å². The maximum absolute atomic E-state index is 14.3. The van der Waals surface area contributed by atoms with Gasteiger partial charge in [0.2, 0.25) is 5.78 Å². The first-order valence-corrected chi connectivity index (χ1v) is 9.52. The molecule has 0 aliphatic heterocycles. The summed E-state index contributed by atoms with van der Waals surface area (Å²) in [5.41, 5.74) is -3.03. The van der Waals surface area contributed by atoms with Crippen LogP contribution >= 0.6 is 0 Å². The van der Waals surface area contributed by atoms with Crippen LogP contribution in [0.5, 0.6) is 0 Å². The van der Waals surface area contributed by atoms with E-state index in [-0.39, 0.29) is 16.7 Å². The molecule has 160 valence electrons. The number of alkyl halides is 3. The van der Waals surface area contributed by atoms with E-state index in [0.717, 1.165) is 6.08 Å². The smallest absolute Gasteiger partial charge is 0.444 e. The number of carbonyl (C=O) groups is 2. The van der Waals surface area contributed by atoms with Crippen molar-refractivity contribution in [2.75, 3.05) is 0 Å². The Morgan fingerprint density at radius 2 is 1.25 bits per heavy atom. The van der Waals surface area contributed by atoms with E-state index in [9.17, 15) is 22.8 Å². The van der Waals surface area contributed by atoms with Crippen LogP contribution in [0.15, 0.2) is 103 Å². The minimum atomic E-state index is -5.02. The molecule has 0 bridgehead atoms. The highest BCUT2D eigenvalue weighted by Gasteiger charge is 2.57. The molecule has 0 saturated heterocycles. The molecule has 3 nitrogen and oxygen atoms in total. The van der Waals surface area contributed by atoms with Gasteiger partial charge in [-0.3, -0.25) is 9.59 Å². The molecule has 0 aliphatic rings. The Labute approximate surface area is 183 Å². The molecule has 1 unspecified atom stereocenters. The minimum Gasteiger partial charge on any atom is -0.468 e. The third-order valence-electron chi connectivity index (χ3n) is 4.49. The second kappa shape index (κ2) is 9.80. The molecule has 0 fully saturated rings. The van der Waals surface area contributed by atoms with Crippen molar-refractivity contribution in [1.82, 2.24) is 0 Å². The maximum atomic E-state index is 14.3. The molecule has 0 spiro atoms. The van der Waals surface area contributed by atoms with Gasteiger partial charge in [-0.25, -0.2) is 0 Å². The normalized spacial score (nSPS) is 13.0. The third kappa shape index (κ3) is 5.13. The molecule has 0 amide bonds. The summed E-state index contributed by atoms with van der Waals surface area (Å²) in [5, 5.41) is 0. The first-order valence-electron chi connectivity index (χ1n) is 9.52. The van der Waals surface area contributed by atoms with Gasteiger partial charge in [-0.05, 0) is 11.8 Å². The van der Waals surface area contributed by atoms with Crippen molar-refractivity contribution in [3.05, 3.63) is 120 Å². The Hall–Kier alpha value is -4.11. The molecule has 0 N–H and O–H groups in total. The van der Waals surface area contributed by atoms with Crippen LogP contribution in [-0.4, -0.2) is 17.7 Å². The van der Waals surface area contributed by atoms with Crippen LogP contribution in [0.1, 0.15) is 26.3 Å². The van der Waals surface area contributed by atoms with E-state index in [4.69, 9.17) is 4.74 Å². The summed E-state index contributed by atoms with van der Waals surface area (Å²) in [6.45, 7) is 0. The number of hydrogen-bond acceptors (Lipinski definition) is 3. The fraction of sp³-hybridized carbons (Fsp3) is 0.0769. The second-order valence-corrected chi connectivity index (χ2v) is 6.64. The van der Waals surface area contributed by atoms with Crippen molar-refractivity contribution in [2.24, 2.45) is 0 Å². The molecule has 3 aromatic rings. The van der Waals surface area contributed by atoms with Crippen molar-refractivity contribution >= 4 is 11.6 Å². The number of ketones is 2. The van der Waals surface area contributed by atoms with E-state index in [0.29, 0.717) is 6.26 Å². The van der Waals surface area contributed by atoms with Crippen LogP contribution < -0.4 is 0 Å². The summed E-state index contributed by atoms with van der Waals surface area (Å²) in [6, 6.07) is 22.5. The molecular formula is C26H17F3O3. The van der Waals surface area contributed by atoms with Crippen LogP contribution in [0.3, 0.4) is 0 Å². The first-order chi connectivity index (χ1) is 15.3. The number of carbonyl (C=O) groups excluding carboxylic acids is 2. The van der Waals surface area contributed by atoms with Gasteiger partial charge in [-0.2, -0.15) is 13.2 Å². The first kappa shape index (κ1) is 22.6. The van der Waals surface area contributed by atoms with Gasteiger partial charge in [0.15, 0.2) is 5.78 Å². The zero-order valence-electron chi connectivity index (χ0n) is 16.7. The van der Waals surface area contributed by atoms with Gasteiger partial charge >= 0.3 is 6.18 Å². The maximum Gasteiger partial charge on any atom is 0.444 e. The lowest BCUT2D eigenvalue weighted by Crippen LogP contribution is -2.42. The van der Waals surface area contributed by atoms with Crippen LogP contribution in [0.25, 0.3) is 0 Å². The van der Waals surface area contributed by atoms with E-state index in [1.807, 2.05) is 5.92 Å². The average molecular weight is 434 g/mol. The Bertz CT molecular complexity index is 1160. The summed E-state index contributed by atoms with van der Waals surface area (Å²) >= 11 is 0. The molecule has 6 heteroatoms. The number of halogens is 3. The van der Waals surface area contributed by atoms with Crippen molar-refractivity contribution in [1.29, 1.82) is 0 Å². The van der Waals surface area contributed by atoms with Gasteiger partial charge in [0.05, 0.1) is 6.26 Å². The third-order valence-corrected chi connectivity index (χ3v) is 4.49. The average Bonchev–Trinajstić information content (AvgIpc) is 2.82.